The van der Waals surface area contributed by atoms with Crippen molar-refractivity contribution in [1.29, 1.82) is 5.26 Å². The van der Waals surface area contributed by atoms with Crippen molar-refractivity contribution in [3.8, 4) is 17.2 Å². The number of fused-ring (bicyclic) bond motifs is 1. The molecule has 5 rings (SSSR count). The molecule has 1 saturated heterocycles. The van der Waals surface area contributed by atoms with Crippen molar-refractivity contribution in [2.75, 3.05) is 18.1 Å². The second kappa shape index (κ2) is 12.8. The average molecular weight is 625 g/mol. The van der Waals surface area contributed by atoms with Gasteiger partial charge in [-0.15, -0.1) is 0 Å². The Morgan fingerprint density at radius 2 is 1.86 bits per heavy atom. The quantitative estimate of drug-likeness (QED) is 0.195. The Bertz CT molecular complexity index is 1780. The smallest absolute Gasteiger partial charge is 0.419 e. The summed E-state index contributed by atoms with van der Waals surface area (Å²) < 4.78 is 67.6. The molecule has 4 aromatic rings. The molecule has 0 saturated carbocycles. The molecule has 0 unspecified atom stereocenters. The first-order valence-corrected chi connectivity index (χ1v) is 15.5. The van der Waals surface area contributed by atoms with Crippen molar-refractivity contribution in [2.45, 2.75) is 38.4 Å². The van der Waals surface area contributed by atoms with Crippen molar-refractivity contribution >= 4 is 22.7 Å². The van der Waals surface area contributed by atoms with Gasteiger partial charge in [0.1, 0.15) is 23.0 Å². The number of rotatable bonds is 7. The molecule has 2 aromatic heterocycles. The molecule has 0 bridgehead atoms. The maximum absolute atomic E-state index is 14.0. The van der Waals surface area contributed by atoms with E-state index in [1.54, 1.807) is 55.6 Å². The Hall–Kier alpha value is -4.21. The molecule has 3 heterocycles. The minimum absolute atomic E-state index is 0.00970. The van der Waals surface area contributed by atoms with Crippen LogP contribution in [0.2, 0.25) is 0 Å². The van der Waals surface area contributed by atoms with Gasteiger partial charge in [-0.3, -0.25) is 14.0 Å². The first-order chi connectivity index (χ1) is 21.0. The molecule has 1 fully saturated rings. The lowest BCUT2D eigenvalue weighted by atomic mass is 9.96. The standard InChI is InChI=1S/C32H28F4N4O3S/c1-20(30-29(24-8-5-21(18-37)6-9-24)31(42)39-13-3-2-4-27(39)38-30)40(19-22-11-14-44(43)15-12-22)28(41)17-23-7-10-26(33)25(16-23)32(34,35)36/h2-10,13,16,20,22H,11-12,14-15,17,19H2,1H3/t20-,22?,44?/m1/s1. The highest BCUT2D eigenvalue weighted by Crippen LogP contribution is 2.34. The molecule has 0 aliphatic carbocycles. The molecule has 1 atom stereocenters. The van der Waals surface area contributed by atoms with E-state index in [2.05, 4.69) is 0 Å². The Morgan fingerprint density at radius 3 is 2.52 bits per heavy atom. The zero-order valence-electron chi connectivity index (χ0n) is 23.7. The minimum atomic E-state index is -4.93. The number of benzene rings is 2. The van der Waals surface area contributed by atoms with E-state index < -0.39 is 52.7 Å². The van der Waals surface area contributed by atoms with Crippen LogP contribution in [-0.4, -0.2) is 42.8 Å². The van der Waals surface area contributed by atoms with Gasteiger partial charge in [0.15, 0.2) is 0 Å². The zero-order valence-corrected chi connectivity index (χ0v) is 24.5. The number of carbonyl (C=O) groups excluding carboxylic acids is 1. The molecule has 0 spiro atoms. The van der Waals surface area contributed by atoms with Crippen LogP contribution in [0.5, 0.6) is 0 Å². The van der Waals surface area contributed by atoms with Gasteiger partial charge < -0.3 is 9.45 Å². The summed E-state index contributed by atoms with van der Waals surface area (Å²) >= 11 is -0.953. The minimum Gasteiger partial charge on any atom is -0.616 e. The Labute approximate surface area is 253 Å². The van der Waals surface area contributed by atoms with E-state index in [0.717, 1.165) is 6.07 Å². The Kier molecular flexibility index (Phi) is 9.08. The van der Waals surface area contributed by atoms with E-state index in [9.17, 15) is 37.0 Å². The molecule has 0 N–H and O–H groups in total. The number of aromatic nitrogens is 2. The van der Waals surface area contributed by atoms with Gasteiger partial charge in [-0.2, -0.15) is 18.4 Å². The molecule has 2 aromatic carbocycles. The van der Waals surface area contributed by atoms with E-state index in [-0.39, 0.29) is 29.3 Å². The van der Waals surface area contributed by atoms with Crippen molar-refractivity contribution in [3.05, 3.63) is 105 Å². The molecular weight excluding hydrogens is 596 g/mol. The van der Waals surface area contributed by atoms with Crippen LogP contribution in [0.3, 0.4) is 0 Å². The lowest BCUT2D eigenvalue weighted by molar-refractivity contribution is -0.140. The third-order valence-corrected chi connectivity index (χ3v) is 9.28. The first-order valence-electron chi connectivity index (χ1n) is 14.0. The summed E-state index contributed by atoms with van der Waals surface area (Å²) in [6.07, 6.45) is -2.61. The van der Waals surface area contributed by atoms with Crippen LogP contribution < -0.4 is 5.56 Å². The van der Waals surface area contributed by atoms with E-state index in [0.29, 0.717) is 53.3 Å². The number of carbonyl (C=O) groups is 1. The fourth-order valence-electron chi connectivity index (χ4n) is 5.49. The summed E-state index contributed by atoms with van der Waals surface area (Å²) in [7, 11) is 0. The molecular formula is C32H28F4N4O3S. The highest BCUT2D eigenvalue weighted by atomic mass is 32.2. The van der Waals surface area contributed by atoms with Crippen LogP contribution >= 0.6 is 0 Å². The monoisotopic (exact) mass is 624 g/mol. The van der Waals surface area contributed by atoms with Gasteiger partial charge in [0.25, 0.3) is 5.56 Å². The van der Waals surface area contributed by atoms with E-state index >= 15 is 0 Å². The van der Waals surface area contributed by atoms with E-state index in [1.165, 1.54) is 9.30 Å². The number of hydrogen-bond donors (Lipinski definition) is 0. The van der Waals surface area contributed by atoms with Gasteiger partial charge >= 0.3 is 6.18 Å². The molecule has 228 valence electrons. The van der Waals surface area contributed by atoms with Crippen molar-refractivity contribution in [1.82, 2.24) is 14.3 Å². The largest absolute Gasteiger partial charge is 0.616 e. The molecule has 7 nitrogen and oxygen atoms in total. The first kappa shape index (κ1) is 31.2. The highest BCUT2D eigenvalue weighted by molar-refractivity contribution is 7.91. The maximum Gasteiger partial charge on any atom is 0.419 e. The lowest BCUT2D eigenvalue weighted by Crippen LogP contribution is -2.41. The van der Waals surface area contributed by atoms with Crippen molar-refractivity contribution < 1.29 is 26.9 Å². The summed E-state index contributed by atoms with van der Waals surface area (Å²) in [5.41, 5.74) is -0.143. The van der Waals surface area contributed by atoms with Gasteiger partial charge in [0, 0.05) is 12.7 Å². The second-order valence-electron chi connectivity index (χ2n) is 10.8. The topological polar surface area (TPSA) is 102 Å². The van der Waals surface area contributed by atoms with Crippen molar-refractivity contribution in [2.24, 2.45) is 5.92 Å². The fourth-order valence-corrected chi connectivity index (χ4v) is 6.89. The van der Waals surface area contributed by atoms with Crippen LogP contribution in [0.25, 0.3) is 16.8 Å². The summed E-state index contributed by atoms with van der Waals surface area (Å²) in [6.45, 7) is 1.91. The number of amides is 1. The van der Waals surface area contributed by atoms with Gasteiger partial charge in [-0.1, -0.05) is 35.4 Å². The van der Waals surface area contributed by atoms with Crippen molar-refractivity contribution in [3.63, 3.8) is 0 Å². The van der Waals surface area contributed by atoms with Gasteiger partial charge in [0.05, 0.1) is 40.9 Å². The van der Waals surface area contributed by atoms with Gasteiger partial charge in [0.2, 0.25) is 5.91 Å². The number of halogens is 4. The molecule has 1 aliphatic rings. The van der Waals surface area contributed by atoms with Gasteiger partial charge in [-0.05, 0) is 73.2 Å². The molecule has 1 aliphatic heterocycles. The highest BCUT2D eigenvalue weighted by Gasteiger charge is 2.35. The summed E-state index contributed by atoms with van der Waals surface area (Å²) in [5.74, 6) is -1.04. The Morgan fingerprint density at radius 1 is 1.16 bits per heavy atom. The van der Waals surface area contributed by atoms with E-state index in [4.69, 9.17) is 4.98 Å². The number of nitrogens with zero attached hydrogens (tertiary/aromatic N) is 4. The predicted octanol–water partition coefficient (Wildman–Crippen LogP) is 5.68. The SMILES string of the molecule is C[C@H](c1nc2ccccn2c(=O)c1-c1ccc(C#N)cc1)N(CC1CC[S+]([O-])CC1)C(=O)Cc1ccc(F)c(C(F)(F)F)c1. The maximum atomic E-state index is 14.0. The fraction of sp³-hybridized carbons (Fsp3) is 0.312. The van der Waals surface area contributed by atoms with Gasteiger partial charge in [-0.25, -0.2) is 9.37 Å². The second-order valence-corrected chi connectivity index (χ2v) is 12.5. The van der Waals surface area contributed by atoms with Crippen LogP contribution in [0.4, 0.5) is 17.6 Å². The van der Waals surface area contributed by atoms with E-state index in [1.807, 2.05) is 6.07 Å². The molecule has 0 radical (unpaired) electrons. The third kappa shape index (κ3) is 6.64. The van der Waals surface area contributed by atoms with Crippen LogP contribution in [0.15, 0.2) is 71.7 Å². The van der Waals surface area contributed by atoms with Crippen LogP contribution in [0.1, 0.15) is 48.2 Å². The van der Waals surface area contributed by atoms with Crippen LogP contribution in [0, 0.1) is 23.1 Å². The average Bonchev–Trinajstić information content (AvgIpc) is 3.01. The molecule has 44 heavy (non-hydrogen) atoms. The molecule has 12 heteroatoms. The Balaban J connectivity index is 1.59. The number of alkyl halides is 3. The normalized spacial score (nSPS) is 17.7. The number of nitriles is 1. The molecule has 1 amide bonds. The summed E-state index contributed by atoms with van der Waals surface area (Å²) in [5, 5.41) is 9.27. The summed E-state index contributed by atoms with van der Waals surface area (Å²) in [6, 6.07) is 15.2. The summed E-state index contributed by atoms with van der Waals surface area (Å²) in [4.78, 5) is 34.1. The number of hydrogen-bond acceptors (Lipinski definition) is 5. The number of pyridine rings is 1. The van der Waals surface area contributed by atoms with Crippen LogP contribution in [-0.2, 0) is 28.6 Å². The third-order valence-electron chi connectivity index (χ3n) is 7.90. The predicted molar refractivity (Wildman–Crippen MR) is 157 cm³/mol. The zero-order chi connectivity index (χ0) is 31.6. The lowest BCUT2D eigenvalue weighted by Gasteiger charge is -2.35.